The van der Waals surface area contributed by atoms with Crippen molar-refractivity contribution in [2.75, 3.05) is 27.4 Å². The summed E-state index contributed by atoms with van der Waals surface area (Å²) in [5, 5.41) is 30.1. The summed E-state index contributed by atoms with van der Waals surface area (Å²) >= 11 is 0. The molecule has 2 fully saturated rings. The van der Waals surface area contributed by atoms with Crippen molar-refractivity contribution in [2.24, 2.45) is 0 Å². The van der Waals surface area contributed by atoms with Crippen LogP contribution in [0.2, 0.25) is 0 Å². The third-order valence-corrected chi connectivity index (χ3v) is 10.7. The molecule has 0 unspecified atom stereocenters. The van der Waals surface area contributed by atoms with Gasteiger partial charge in [-0.25, -0.2) is 0 Å². The molecule has 0 bridgehead atoms. The molecule has 0 saturated carbocycles. The van der Waals surface area contributed by atoms with Crippen LogP contribution in [0.4, 0.5) is 0 Å². The summed E-state index contributed by atoms with van der Waals surface area (Å²) in [6, 6.07) is 25.7. The highest BCUT2D eigenvalue weighted by Crippen LogP contribution is 2.44. The van der Waals surface area contributed by atoms with Gasteiger partial charge in [-0.15, -0.1) is 0 Å². The van der Waals surface area contributed by atoms with E-state index in [0.717, 1.165) is 28.2 Å². The first-order chi connectivity index (χ1) is 27.6. The first-order valence-electron chi connectivity index (χ1n) is 18.4. The minimum atomic E-state index is -1.05. The number of aliphatic hydroxyl groups is 3. The number of benzene rings is 3. The number of aliphatic hydroxyl groups excluding tert-OH is 3. The highest BCUT2D eigenvalue weighted by molar-refractivity contribution is 5.49. The molecule has 16 nitrogen and oxygen atoms in total. The van der Waals surface area contributed by atoms with Crippen molar-refractivity contribution in [1.82, 2.24) is 19.1 Å². The van der Waals surface area contributed by atoms with Gasteiger partial charge in [0.2, 0.25) is 0 Å². The SMILES string of the molecule is COc1ccc(C(OC[C@H]2O[C@@H]3[C@@H](Oc4nc(=O)c(C)cn43)[C@@H]2O)(c2ccccc2)c2ccc(OC)cc2)cc1.Cc1cn2c(nc1=O)O[C@H]1[C@H](O)[C@@H](CO)O[C@H]12. The Kier molecular flexibility index (Phi) is 10.3. The average Bonchev–Trinajstić information content (AvgIpc) is 3.95. The first kappa shape index (κ1) is 38.3. The third kappa shape index (κ3) is 6.73. The summed E-state index contributed by atoms with van der Waals surface area (Å²) < 4.78 is 43.9. The van der Waals surface area contributed by atoms with Gasteiger partial charge in [0.15, 0.2) is 24.7 Å². The van der Waals surface area contributed by atoms with Gasteiger partial charge in [-0.05, 0) is 54.8 Å². The number of aryl methyl sites for hydroxylation is 2. The standard InChI is InChI=1S/C31H30N2O7.C10H12N2O5/c1-19-17-33-29-27(40-30(33)32-28(19)35)26(34)25(39-29)18-38-31(20-7-5-4-6-8-20,21-9-13-23(36-2)14-10-21)22-11-15-24(37-3)16-12-22;1-4-2-12-9-7(6(14)5(3-13)16-9)17-10(12)11-8(4)15/h4-17,25-27,29,34H,18H2,1-3H3;2,5-7,9,13-14H,3H2,1H3/t25-,26-,27+,29-;5-,6-,7+,9-/m11/s1. The summed E-state index contributed by atoms with van der Waals surface area (Å²) in [6.07, 6.45) is -2.58. The molecule has 2 saturated heterocycles. The van der Waals surface area contributed by atoms with Crippen LogP contribution in [0.3, 0.4) is 0 Å². The molecule has 0 spiro atoms. The van der Waals surface area contributed by atoms with E-state index in [1.165, 1.54) is 0 Å². The van der Waals surface area contributed by atoms with Gasteiger partial charge in [0, 0.05) is 23.5 Å². The number of rotatable bonds is 9. The number of aromatic nitrogens is 4. The van der Waals surface area contributed by atoms with Gasteiger partial charge < -0.3 is 48.5 Å². The van der Waals surface area contributed by atoms with Crippen molar-refractivity contribution in [2.45, 2.75) is 68.5 Å². The van der Waals surface area contributed by atoms with Crippen molar-refractivity contribution in [3.63, 3.8) is 0 Å². The molecule has 4 aliphatic heterocycles. The van der Waals surface area contributed by atoms with Gasteiger partial charge >= 0.3 is 12.0 Å². The number of hydrogen-bond acceptors (Lipinski definition) is 14. The van der Waals surface area contributed by atoms with Gasteiger partial charge in [-0.1, -0.05) is 54.6 Å². The molecule has 2 aromatic heterocycles. The molecular weight excluding hydrogens is 740 g/mol. The third-order valence-electron chi connectivity index (χ3n) is 10.7. The van der Waals surface area contributed by atoms with E-state index in [2.05, 4.69) is 9.97 Å². The summed E-state index contributed by atoms with van der Waals surface area (Å²) in [5.74, 6) is 1.45. The Morgan fingerprint density at radius 1 is 0.667 bits per heavy atom. The van der Waals surface area contributed by atoms with Gasteiger partial charge in [0.25, 0.3) is 11.1 Å². The zero-order chi connectivity index (χ0) is 40.0. The maximum Gasteiger partial charge on any atom is 0.302 e. The van der Waals surface area contributed by atoms with E-state index >= 15 is 0 Å². The van der Waals surface area contributed by atoms with Crippen molar-refractivity contribution in [1.29, 1.82) is 0 Å². The van der Waals surface area contributed by atoms with Crippen molar-refractivity contribution in [3.05, 3.63) is 140 Å². The predicted octanol–water partition coefficient (Wildman–Crippen LogP) is 2.16. The van der Waals surface area contributed by atoms with Crippen LogP contribution in [0.15, 0.2) is 101 Å². The van der Waals surface area contributed by atoms with E-state index in [4.69, 9.17) is 38.3 Å². The minimum absolute atomic E-state index is 0.0480. The minimum Gasteiger partial charge on any atom is -0.497 e. The molecule has 4 aliphatic rings. The molecule has 3 aromatic carbocycles. The highest BCUT2D eigenvalue weighted by atomic mass is 16.6. The van der Waals surface area contributed by atoms with Gasteiger partial charge in [0.05, 0.1) is 27.4 Å². The van der Waals surface area contributed by atoms with E-state index in [9.17, 15) is 19.8 Å². The summed E-state index contributed by atoms with van der Waals surface area (Å²) in [6.45, 7) is 3.09. The van der Waals surface area contributed by atoms with Crippen LogP contribution in [0.5, 0.6) is 23.5 Å². The van der Waals surface area contributed by atoms with Gasteiger partial charge in [0.1, 0.15) is 41.5 Å². The molecule has 0 amide bonds. The van der Waals surface area contributed by atoms with Crippen LogP contribution in [-0.4, -0.2) is 98.5 Å². The molecule has 6 heterocycles. The van der Waals surface area contributed by atoms with Crippen molar-refractivity contribution >= 4 is 0 Å². The Labute approximate surface area is 326 Å². The fourth-order valence-corrected chi connectivity index (χ4v) is 7.59. The van der Waals surface area contributed by atoms with E-state index in [-0.39, 0.29) is 36.4 Å². The Morgan fingerprint density at radius 3 is 1.56 bits per heavy atom. The molecule has 298 valence electrons. The van der Waals surface area contributed by atoms with Gasteiger partial charge in [-0.2, -0.15) is 9.97 Å². The first-order valence-corrected chi connectivity index (χ1v) is 18.4. The number of hydrogen-bond donors (Lipinski definition) is 3. The van der Waals surface area contributed by atoms with Crippen LogP contribution in [0, 0.1) is 13.8 Å². The van der Waals surface area contributed by atoms with Crippen molar-refractivity contribution < 1.29 is 48.5 Å². The number of ether oxygens (including phenoxy) is 7. The second-order valence-corrected chi connectivity index (χ2v) is 14.1. The zero-order valence-corrected chi connectivity index (χ0v) is 31.5. The van der Waals surface area contributed by atoms with Crippen LogP contribution in [0.25, 0.3) is 0 Å². The molecule has 0 aliphatic carbocycles. The van der Waals surface area contributed by atoms with Crippen LogP contribution < -0.4 is 30.1 Å². The van der Waals surface area contributed by atoms with Crippen LogP contribution in [-0.2, 0) is 19.8 Å². The zero-order valence-electron chi connectivity index (χ0n) is 31.5. The normalized spacial score (nSPS) is 25.2. The van der Waals surface area contributed by atoms with Crippen LogP contribution >= 0.6 is 0 Å². The Bertz CT molecular complexity index is 2290. The van der Waals surface area contributed by atoms with E-state index in [0.29, 0.717) is 11.1 Å². The predicted molar refractivity (Wildman–Crippen MR) is 200 cm³/mol. The lowest BCUT2D eigenvalue weighted by atomic mass is 9.80. The maximum atomic E-state index is 12.0. The molecule has 9 rings (SSSR count). The quantitative estimate of drug-likeness (QED) is 0.184. The smallest absolute Gasteiger partial charge is 0.302 e. The summed E-state index contributed by atoms with van der Waals surface area (Å²) in [5.41, 5.74) is 1.80. The Balaban J connectivity index is 0.000000222. The monoisotopic (exact) mass is 782 g/mol. The Hall–Kier alpha value is -5.62. The molecular formula is C41H42N4O12. The second-order valence-electron chi connectivity index (χ2n) is 14.1. The van der Waals surface area contributed by atoms with E-state index in [1.54, 1.807) is 49.6 Å². The molecule has 57 heavy (non-hydrogen) atoms. The molecule has 8 atom stereocenters. The lowest BCUT2D eigenvalue weighted by molar-refractivity contribution is -0.0936. The lowest BCUT2D eigenvalue weighted by Crippen LogP contribution is -2.40. The fraction of sp³-hybridized carbons (Fsp3) is 0.366. The number of nitrogens with zero attached hydrogens (tertiary/aromatic N) is 4. The second kappa shape index (κ2) is 15.4. The summed E-state index contributed by atoms with van der Waals surface area (Å²) in [7, 11) is 3.25. The van der Waals surface area contributed by atoms with E-state index < -0.39 is 54.7 Å². The molecule has 5 aromatic rings. The molecule has 3 N–H and O–H groups in total. The topological polar surface area (TPSA) is 195 Å². The van der Waals surface area contributed by atoms with Crippen LogP contribution in [0.1, 0.15) is 40.3 Å². The summed E-state index contributed by atoms with van der Waals surface area (Å²) in [4.78, 5) is 31.1. The fourth-order valence-electron chi connectivity index (χ4n) is 7.59. The largest absolute Gasteiger partial charge is 0.497 e. The van der Waals surface area contributed by atoms with Crippen molar-refractivity contribution in [3.8, 4) is 23.5 Å². The van der Waals surface area contributed by atoms with Gasteiger partial charge in [-0.3, -0.25) is 18.7 Å². The average molecular weight is 783 g/mol. The molecule has 16 heteroatoms. The number of fused-ring (bicyclic) bond motifs is 6. The molecule has 0 radical (unpaired) electrons. The lowest BCUT2D eigenvalue weighted by Gasteiger charge is -2.37. The highest BCUT2D eigenvalue weighted by Gasteiger charge is 2.53. The van der Waals surface area contributed by atoms with E-state index in [1.807, 2.05) is 78.9 Å². The number of methoxy groups -OCH3 is 2. The maximum absolute atomic E-state index is 12.0. The Morgan fingerprint density at radius 2 is 1.11 bits per heavy atom.